The quantitative estimate of drug-likeness (QED) is 0.541. The lowest BCUT2D eigenvalue weighted by Crippen LogP contribution is -2.51. The van der Waals surface area contributed by atoms with Gasteiger partial charge in [0.15, 0.2) is 0 Å². The molecule has 2 rings (SSSR count). The van der Waals surface area contributed by atoms with Crippen molar-refractivity contribution >= 4 is 27.5 Å². The zero-order valence-corrected chi connectivity index (χ0v) is 12.6. The molecule has 0 radical (unpaired) electrons. The van der Waals surface area contributed by atoms with E-state index in [1.807, 2.05) is 4.90 Å². The van der Waals surface area contributed by atoms with Crippen LogP contribution < -0.4 is 0 Å². The van der Waals surface area contributed by atoms with Crippen molar-refractivity contribution in [3.63, 3.8) is 0 Å². The molecule has 1 amide bonds. The van der Waals surface area contributed by atoms with E-state index in [1.165, 1.54) is 4.31 Å². The van der Waals surface area contributed by atoms with Gasteiger partial charge in [0.2, 0.25) is 15.9 Å². The lowest BCUT2D eigenvalue weighted by atomic mass is 10.3. The van der Waals surface area contributed by atoms with Crippen LogP contribution in [0.5, 0.6) is 0 Å². The van der Waals surface area contributed by atoms with Gasteiger partial charge in [-0.1, -0.05) is 0 Å². The molecule has 1 aliphatic carbocycles. The maximum atomic E-state index is 12.1. The summed E-state index contributed by atoms with van der Waals surface area (Å²) < 4.78 is 25.6. The molecule has 1 heterocycles. The average molecular weight is 309 g/mol. The molecule has 2 aliphatic rings. The van der Waals surface area contributed by atoms with Crippen LogP contribution in [0, 0.1) is 5.92 Å². The number of hydrogen-bond donors (Lipinski definition) is 0. The fourth-order valence-electron chi connectivity index (χ4n) is 2.28. The summed E-state index contributed by atoms with van der Waals surface area (Å²) in [5, 5.41) is 0. The van der Waals surface area contributed by atoms with E-state index in [4.69, 9.17) is 11.6 Å². The Morgan fingerprint density at radius 1 is 1.11 bits per heavy atom. The molecule has 1 aliphatic heterocycles. The predicted octanol–water partition coefficient (Wildman–Crippen LogP) is 0.889. The van der Waals surface area contributed by atoms with Gasteiger partial charge in [0.1, 0.15) is 0 Å². The number of alkyl halides is 1. The summed E-state index contributed by atoms with van der Waals surface area (Å²) in [6.45, 7) is 1.93. The highest BCUT2D eigenvalue weighted by atomic mass is 35.5. The number of hydrogen-bond acceptors (Lipinski definition) is 3. The van der Waals surface area contributed by atoms with Crippen LogP contribution in [0.4, 0.5) is 0 Å². The molecule has 19 heavy (non-hydrogen) atoms. The van der Waals surface area contributed by atoms with Gasteiger partial charge in [-0.05, 0) is 25.7 Å². The first kappa shape index (κ1) is 15.1. The topological polar surface area (TPSA) is 57.7 Å². The maximum absolute atomic E-state index is 12.1. The molecule has 1 saturated heterocycles. The molecule has 2 fully saturated rings. The zero-order chi connectivity index (χ0) is 13.9. The molecule has 0 bridgehead atoms. The molecular weight excluding hydrogens is 288 g/mol. The number of carbonyl (C=O) groups is 1. The summed E-state index contributed by atoms with van der Waals surface area (Å²) in [6, 6.07) is 0. The Balaban J connectivity index is 1.79. The number of carbonyl (C=O) groups excluding carboxylic acids is 1. The molecular formula is C12H21ClN2O3S. The third-order valence-electron chi connectivity index (χ3n) is 3.66. The molecule has 110 valence electrons. The van der Waals surface area contributed by atoms with Crippen molar-refractivity contribution in [2.45, 2.75) is 25.7 Å². The number of sulfonamides is 1. The Kier molecular flexibility index (Phi) is 5.09. The Morgan fingerprint density at radius 2 is 1.74 bits per heavy atom. The van der Waals surface area contributed by atoms with Crippen LogP contribution in [0.15, 0.2) is 0 Å². The van der Waals surface area contributed by atoms with Gasteiger partial charge in [-0.25, -0.2) is 8.42 Å². The summed E-state index contributed by atoms with van der Waals surface area (Å²) in [7, 11) is -3.17. The van der Waals surface area contributed by atoms with E-state index in [0.717, 1.165) is 19.3 Å². The van der Waals surface area contributed by atoms with Crippen LogP contribution in [0.1, 0.15) is 25.7 Å². The van der Waals surface area contributed by atoms with Crippen LogP contribution in [-0.2, 0) is 14.8 Å². The number of amides is 1. The summed E-state index contributed by atoms with van der Waals surface area (Å²) >= 11 is 5.55. The molecule has 0 N–H and O–H groups in total. The predicted molar refractivity (Wildman–Crippen MR) is 74.6 cm³/mol. The number of unbranched alkanes of at least 4 members (excludes halogenated alkanes) is 1. The van der Waals surface area contributed by atoms with Crippen LogP contribution in [-0.4, -0.2) is 61.3 Å². The first-order valence-corrected chi connectivity index (χ1v) is 9.01. The monoisotopic (exact) mass is 308 g/mol. The van der Waals surface area contributed by atoms with Crippen molar-refractivity contribution in [3.8, 4) is 0 Å². The third-order valence-corrected chi connectivity index (χ3v) is 5.88. The van der Waals surface area contributed by atoms with Gasteiger partial charge >= 0.3 is 0 Å². The summed E-state index contributed by atoms with van der Waals surface area (Å²) in [5.74, 6) is 1.08. The van der Waals surface area contributed by atoms with Crippen LogP contribution in [0.3, 0.4) is 0 Å². The van der Waals surface area contributed by atoms with Crippen molar-refractivity contribution in [2.24, 2.45) is 5.92 Å². The molecule has 0 aromatic heterocycles. The molecule has 7 heteroatoms. The van der Waals surface area contributed by atoms with Crippen LogP contribution in [0.25, 0.3) is 0 Å². The van der Waals surface area contributed by atoms with Crippen LogP contribution in [0.2, 0.25) is 0 Å². The smallest absolute Gasteiger partial charge is 0.225 e. The number of halogens is 1. The minimum absolute atomic E-state index is 0.163. The molecule has 0 spiro atoms. The molecule has 1 saturated carbocycles. The first-order valence-electron chi connectivity index (χ1n) is 6.87. The Labute approximate surface area is 119 Å². The van der Waals surface area contributed by atoms with Gasteiger partial charge in [-0.2, -0.15) is 4.31 Å². The molecule has 0 atom stereocenters. The number of nitrogens with zero attached hydrogens (tertiary/aromatic N) is 2. The first-order chi connectivity index (χ1) is 9.04. The maximum Gasteiger partial charge on any atom is 0.225 e. The SMILES string of the molecule is O=C(C1CC1)N1CCN(S(=O)(=O)CCCCCl)CC1. The van der Waals surface area contributed by atoms with Gasteiger partial charge in [0.25, 0.3) is 0 Å². The summed E-state index contributed by atoms with van der Waals surface area (Å²) in [5.41, 5.74) is 0. The van der Waals surface area contributed by atoms with E-state index in [1.54, 1.807) is 0 Å². The Hall–Kier alpha value is -0.330. The molecule has 5 nitrogen and oxygen atoms in total. The number of piperazine rings is 1. The molecule has 0 aromatic carbocycles. The van der Waals surface area contributed by atoms with Crippen molar-refractivity contribution < 1.29 is 13.2 Å². The number of rotatable bonds is 6. The van der Waals surface area contributed by atoms with Crippen molar-refractivity contribution in [3.05, 3.63) is 0 Å². The fourth-order valence-corrected chi connectivity index (χ4v) is 4.02. The van der Waals surface area contributed by atoms with Crippen molar-refractivity contribution in [1.82, 2.24) is 9.21 Å². The third kappa shape index (κ3) is 4.07. The van der Waals surface area contributed by atoms with E-state index in [0.29, 0.717) is 38.5 Å². The van der Waals surface area contributed by atoms with Gasteiger partial charge in [-0.3, -0.25) is 4.79 Å². The van der Waals surface area contributed by atoms with E-state index in [-0.39, 0.29) is 17.6 Å². The van der Waals surface area contributed by atoms with Crippen LogP contribution >= 0.6 is 11.6 Å². The van der Waals surface area contributed by atoms with Gasteiger partial charge in [-0.15, -0.1) is 11.6 Å². The van der Waals surface area contributed by atoms with E-state index in [2.05, 4.69) is 0 Å². The second kappa shape index (κ2) is 6.41. The van der Waals surface area contributed by atoms with Gasteiger partial charge in [0.05, 0.1) is 5.75 Å². The molecule has 0 aromatic rings. The van der Waals surface area contributed by atoms with E-state index in [9.17, 15) is 13.2 Å². The summed E-state index contributed by atoms with van der Waals surface area (Å²) in [4.78, 5) is 13.7. The zero-order valence-electron chi connectivity index (χ0n) is 11.1. The van der Waals surface area contributed by atoms with Crippen molar-refractivity contribution in [1.29, 1.82) is 0 Å². The lowest BCUT2D eigenvalue weighted by Gasteiger charge is -2.34. The fraction of sp³-hybridized carbons (Fsp3) is 0.917. The van der Waals surface area contributed by atoms with Gasteiger partial charge in [0, 0.05) is 38.0 Å². The highest BCUT2D eigenvalue weighted by molar-refractivity contribution is 7.89. The summed E-state index contributed by atoms with van der Waals surface area (Å²) in [6.07, 6.45) is 3.32. The Bertz CT molecular complexity index is 415. The minimum atomic E-state index is -3.17. The average Bonchev–Trinajstić information content (AvgIpc) is 3.22. The highest BCUT2D eigenvalue weighted by Gasteiger charge is 2.36. The van der Waals surface area contributed by atoms with E-state index >= 15 is 0 Å². The highest BCUT2D eigenvalue weighted by Crippen LogP contribution is 2.31. The molecule has 0 unspecified atom stereocenters. The normalized spacial score (nSPS) is 21.6. The standard InChI is InChI=1S/C12H21ClN2O3S/c13-5-1-2-10-19(17,18)15-8-6-14(7-9-15)12(16)11-3-4-11/h11H,1-10H2. The van der Waals surface area contributed by atoms with E-state index < -0.39 is 10.0 Å². The van der Waals surface area contributed by atoms with Crippen molar-refractivity contribution in [2.75, 3.05) is 37.8 Å². The van der Waals surface area contributed by atoms with Gasteiger partial charge < -0.3 is 4.90 Å². The largest absolute Gasteiger partial charge is 0.340 e. The second-order valence-corrected chi connectivity index (χ2v) is 7.68. The Morgan fingerprint density at radius 3 is 2.26 bits per heavy atom. The second-order valence-electron chi connectivity index (χ2n) is 5.21. The minimum Gasteiger partial charge on any atom is -0.340 e. The lowest BCUT2D eigenvalue weighted by molar-refractivity contribution is -0.133.